The van der Waals surface area contributed by atoms with E-state index in [1.54, 1.807) is 0 Å². The normalized spacial score (nSPS) is 10.2. The number of hydrogen-bond acceptors (Lipinski definition) is 1. The highest BCUT2D eigenvalue weighted by Crippen LogP contribution is 2.16. The van der Waals surface area contributed by atoms with E-state index in [0.29, 0.717) is 6.07 Å². The second-order valence-electron chi connectivity index (χ2n) is 2.28. The molecule has 13 heavy (non-hydrogen) atoms. The predicted octanol–water partition coefficient (Wildman–Crippen LogP) is 2.68. The van der Waals surface area contributed by atoms with Crippen LogP contribution in [-0.2, 0) is 0 Å². The maximum absolute atomic E-state index is 12.8. The van der Waals surface area contributed by atoms with Crippen LogP contribution >= 0.6 is 15.9 Å². The molecule has 0 aliphatic heterocycles. The van der Waals surface area contributed by atoms with Gasteiger partial charge in [-0.05, 0) is 12.1 Å². The number of carbonyl (C=O) groups is 1. The molecule has 0 atom stereocenters. The van der Waals surface area contributed by atoms with E-state index in [4.69, 9.17) is 0 Å². The molecule has 0 radical (unpaired) electrons. The average Bonchev–Trinajstić information content (AvgIpc) is 2.13. The summed E-state index contributed by atoms with van der Waals surface area (Å²) in [4.78, 5) is 10.9. The molecule has 5 heteroatoms. The van der Waals surface area contributed by atoms with Gasteiger partial charge in [0.05, 0.1) is 10.9 Å². The van der Waals surface area contributed by atoms with Crippen molar-refractivity contribution in [3.05, 3.63) is 35.1 Å². The Kier molecular flexibility index (Phi) is 3.08. The van der Waals surface area contributed by atoms with Crippen molar-refractivity contribution in [1.29, 1.82) is 0 Å². The minimum atomic E-state index is -1.62. The van der Waals surface area contributed by atoms with Crippen molar-refractivity contribution in [3.8, 4) is 0 Å². The molecule has 0 saturated heterocycles. The van der Waals surface area contributed by atoms with Crippen LogP contribution < -0.4 is 0 Å². The van der Waals surface area contributed by atoms with Crippen LogP contribution in [0.5, 0.6) is 0 Å². The number of halogens is 4. The predicted molar refractivity (Wildman–Crippen MR) is 44.4 cm³/mol. The van der Waals surface area contributed by atoms with E-state index in [9.17, 15) is 18.0 Å². The Morgan fingerprint density at radius 1 is 1.23 bits per heavy atom. The van der Waals surface area contributed by atoms with E-state index in [1.165, 1.54) is 0 Å². The van der Waals surface area contributed by atoms with Crippen molar-refractivity contribution in [2.75, 3.05) is 5.33 Å². The lowest BCUT2D eigenvalue weighted by atomic mass is 10.1. The number of benzene rings is 1. The van der Waals surface area contributed by atoms with Gasteiger partial charge in [0.15, 0.2) is 23.2 Å². The first kappa shape index (κ1) is 10.2. The summed E-state index contributed by atoms with van der Waals surface area (Å²) in [5.41, 5.74) is -0.448. The Hall–Kier alpha value is -0.840. The number of alkyl halides is 1. The molecule has 0 saturated carbocycles. The van der Waals surface area contributed by atoms with Gasteiger partial charge in [0.25, 0.3) is 0 Å². The summed E-state index contributed by atoms with van der Waals surface area (Å²) in [5.74, 6) is -4.99. The zero-order chi connectivity index (χ0) is 10.0. The fourth-order valence-electron chi connectivity index (χ4n) is 0.813. The fourth-order valence-corrected chi connectivity index (χ4v) is 1.12. The highest BCUT2D eigenvalue weighted by Gasteiger charge is 2.17. The van der Waals surface area contributed by atoms with Crippen molar-refractivity contribution in [2.45, 2.75) is 0 Å². The van der Waals surface area contributed by atoms with Crippen LogP contribution in [0.25, 0.3) is 0 Å². The molecule has 1 aromatic rings. The van der Waals surface area contributed by atoms with E-state index in [1.807, 2.05) is 0 Å². The first-order valence-electron chi connectivity index (χ1n) is 3.30. The minimum Gasteiger partial charge on any atom is -0.293 e. The molecule has 1 nitrogen and oxygen atoms in total. The summed E-state index contributed by atoms with van der Waals surface area (Å²) in [6.45, 7) is 0. The Morgan fingerprint density at radius 2 is 1.85 bits per heavy atom. The van der Waals surface area contributed by atoms with Crippen LogP contribution in [0, 0.1) is 17.5 Å². The van der Waals surface area contributed by atoms with E-state index < -0.39 is 28.8 Å². The molecular weight excluding hydrogens is 249 g/mol. The molecule has 0 spiro atoms. The Balaban J connectivity index is 3.26. The molecule has 1 aromatic carbocycles. The van der Waals surface area contributed by atoms with E-state index in [0.717, 1.165) is 6.07 Å². The molecule has 0 aromatic heterocycles. The van der Waals surface area contributed by atoms with Crippen molar-refractivity contribution in [2.24, 2.45) is 0 Å². The van der Waals surface area contributed by atoms with Gasteiger partial charge in [-0.1, -0.05) is 15.9 Å². The smallest absolute Gasteiger partial charge is 0.195 e. The fraction of sp³-hybridized carbons (Fsp3) is 0.125. The molecule has 0 N–H and O–H groups in total. The van der Waals surface area contributed by atoms with Crippen molar-refractivity contribution in [1.82, 2.24) is 0 Å². The van der Waals surface area contributed by atoms with Gasteiger partial charge >= 0.3 is 0 Å². The maximum atomic E-state index is 12.8. The van der Waals surface area contributed by atoms with Gasteiger partial charge in [-0.25, -0.2) is 13.2 Å². The first-order valence-corrected chi connectivity index (χ1v) is 4.42. The number of Topliss-reactive ketones (excluding diaryl/α,β-unsaturated/α-hetero) is 1. The van der Waals surface area contributed by atoms with E-state index >= 15 is 0 Å². The quantitative estimate of drug-likeness (QED) is 0.450. The Morgan fingerprint density at radius 3 is 2.38 bits per heavy atom. The number of carbonyl (C=O) groups excluding carboxylic acids is 1. The first-order chi connectivity index (χ1) is 6.07. The van der Waals surface area contributed by atoms with Crippen LogP contribution in [-0.4, -0.2) is 11.1 Å². The molecule has 0 aliphatic carbocycles. The number of ketones is 1. The van der Waals surface area contributed by atoms with Gasteiger partial charge in [0.2, 0.25) is 0 Å². The van der Waals surface area contributed by atoms with E-state index in [2.05, 4.69) is 15.9 Å². The third-order valence-corrected chi connectivity index (χ3v) is 1.97. The molecule has 0 aliphatic rings. The zero-order valence-corrected chi connectivity index (χ0v) is 7.87. The second-order valence-corrected chi connectivity index (χ2v) is 2.84. The molecular formula is C8H4BrF3O. The summed E-state index contributed by atoms with van der Waals surface area (Å²) in [6.07, 6.45) is 0. The Bertz CT molecular complexity index is 351. The van der Waals surface area contributed by atoms with Gasteiger partial charge in [-0.15, -0.1) is 0 Å². The van der Waals surface area contributed by atoms with Crippen molar-refractivity contribution >= 4 is 21.7 Å². The van der Waals surface area contributed by atoms with Gasteiger partial charge < -0.3 is 0 Å². The summed E-state index contributed by atoms with van der Waals surface area (Å²) < 4.78 is 37.8. The summed E-state index contributed by atoms with van der Waals surface area (Å²) in [5, 5.41) is -0.130. The molecule has 0 bridgehead atoms. The minimum absolute atomic E-state index is 0.130. The van der Waals surface area contributed by atoms with Crippen molar-refractivity contribution < 1.29 is 18.0 Å². The molecule has 70 valence electrons. The summed E-state index contributed by atoms with van der Waals surface area (Å²) in [7, 11) is 0. The monoisotopic (exact) mass is 252 g/mol. The standard InChI is InChI=1S/C8H4BrF3O/c9-3-6(13)4-1-2-5(10)8(12)7(4)11/h1-2H,3H2. The lowest BCUT2D eigenvalue weighted by molar-refractivity contribution is 0.101. The van der Waals surface area contributed by atoms with Crippen molar-refractivity contribution in [3.63, 3.8) is 0 Å². The molecule has 1 rings (SSSR count). The van der Waals surface area contributed by atoms with Crippen LogP contribution in [0.15, 0.2) is 12.1 Å². The molecule has 0 unspecified atom stereocenters. The molecule has 0 fully saturated rings. The summed E-state index contributed by atoms with van der Waals surface area (Å²) in [6, 6.07) is 1.63. The molecule has 0 amide bonds. The molecule has 0 heterocycles. The summed E-state index contributed by atoms with van der Waals surface area (Å²) >= 11 is 2.80. The van der Waals surface area contributed by atoms with Crippen LogP contribution in [0.1, 0.15) is 10.4 Å². The third kappa shape index (κ3) is 1.91. The Labute approximate surface area is 80.7 Å². The second kappa shape index (κ2) is 3.91. The van der Waals surface area contributed by atoms with Gasteiger partial charge in [-0.3, -0.25) is 4.79 Å². The highest BCUT2D eigenvalue weighted by atomic mass is 79.9. The zero-order valence-electron chi connectivity index (χ0n) is 6.28. The topological polar surface area (TPSA) is 17.1 Å². The average molecular weight is 253 g/mol. The van der Waals surface area contributed by atoms with Gasteiger partial charge in [0, 0.05) is 0 Å². The highest BCUT2D eigenvalue weighted by molar-refractivity contribution is 9.09. The SMILES string of the molecule is O=C(CBr)c1ccc(F)c(F)c1F. The van der Waals surface area contributed by atoms with Crippen LogP contribution in [0.4, 0.5) is 13.2 Å². The van der Waals surface area contributed by atoms with Crippen LogP contribution in [0.2, 0.25) is 0 Å². The lowest BCUT2D eigenvalue weighted by Crippen LogP contribution is -2.06. The van der Waals surface area contributed by atoms with E-state index in [-0.39, 0.29) is 5.33 Å². The van der Waals surface area contributed by atoms with Gasteiger partial charge in [-0.2, -0.15) is 0 Å². The van der Waals surface area contributed by atoms with Gasteiger partial charge in [0.1, 0.15) is 0 Å². The lowest BCUT2D eigenvalue weighted by Gasteiger charge is -2.00. The number of rotatable bonds is 2. The largest absolute Gasteiger partial charge is 0.293 e. The maximum Gasteiger partial charge on any atom is 0.195 e. The van der Waals surface area contributed by atoms with Crippen LogP contribution in [0.3, 0.4) is 0 Å². The number of hydrogen-bond donors (Lipinski definition) is 0. The third-order valence-electron chi connectivity index (χ3n) is 1.46.